The molecule has 6 aromatic rings. The summed E-state index contributed by atoms with van der Waals surface area (Å²) in [6, 6.07) is 25.0. The molecule has 0 saturated carbocycles. The highest BCUT2D eigenvalue weighted by Gasteiger charge is 2.29. The predicted molar refractivity (Wildman–Crippen MR) is 168 cm³/mol. The number of carboxylic acid groups (broad SMARTS) is 1. The Morgan fingerprint density at radius 1 is 0.955 bits per heavy atom. The molecule has 4 aromatic carbocycles. The fourth-order valence-electron chi connectivity index (χ4n) is 6.62. The Hall–Kier alpha value is -4.95. The highest BCUT2D eigenvalue weighted by atomic mass is 19.1. The van der Waals surface area contributed by atoms with E-state index in [1.54, 1.807) is 15.3 Å². The first-order valence-corrected chi connectivity index (χ1v) is 14.8. The molecule has 1 aliphatic rings. The van der Waals surface area contributed by atoms with Gasteiger partial charge in [0.2, 0.25) is 0 Å². The Morgan fingerprint density at radius 2 is 1.73 bits per heavy atom. The average molecular weight is 590 g/mol. The number of hydrogen-bond acceptors (Lipinski definition) is 4. The number of carboxylic acids is 1. The molecule has 0 amide bonds. The Balaban J connectivity index is 1.37. The smallest absolute Gasteiger partial charge is 0.352 e. The molecule has 0 unspecified atom stereocenters. The van der Waals surface area contributed by atoms with Crippen LogP contribution in [0.25, 0.3) is 32.8 Å². The molecule has 222 valence electrons. The number of aromatic carboxylic acids is 1. The monoisotopic (exact) mass is 589 g/mol. The van der Waals surface area contributed by atoms with Crippen molar-refractivity contribution >= 4 is 27.6 Å². The molecule has 7 nitrogen and oxygen atoms in total. The Bertz CT molecular complexity index is 2050. The molecule has 0 fully saturated rings. The number of benzene rings is 4. The van der Waals surface area contributed by atoms with E-state index in [0.717, 1.165) is 38.7 Å². The lowest BCUT2D eigenvalue weighted by molar-refractivity contribution is 0.0684. The van der Waals surface area contributed by atoms with Crippen LogP contribution in [0, 0.1) is 12.7 Å². The standard InChI is InChI=1S/C36H32FN3O4/c1-22-32-30(39(2)38-22)21-43-20-25-11-4-3-10-24(25)19-40-34-28(16-17-29(37)33(32)34)27(35(40)36(41)42)14-8-18-44-31-15-7-12-23-9-5-6-13-26(23)31/h3-7,9-13,15-17H,8,14,18-21H2,1-2H3,(H,41,42). The second-order valence-corrected chi connectivity index (χ2v) is 11.3. The van der Waals surface area contributed by atoms with Gasteiger partial charge in [-0.3, -0.25) is 4.68 Å². The van der Waals surface area contributed by atoms with Gasteiger partial charge in [0.1, 0.15) is 17.3 Å². The molecule has 1 N–H and O–H groups in total. The molecule has 0 saturated heterocycles. The molecule has 0 atom stereocenters. The van der Waals surface area contributed by atoms with Gasteiger partial charge in [-0.1, -0.05) is 60.7 Å². The molecule has 7 rings (SSSR count). The molecule has 44 heavy (non-hydrogen) atoms. The van der Waals surface area contributed by atoms with Crippen LogP contribution in [-0.2, 0) is 38.0 Å². The largest absolute Gasteiger partial charge is 0.493 e. The third kappa shape index (κ3) is 4.72. The van der Waals surface area contributed by atoms with Crippen LogP contribution in [0.5, 0.6) is 5.75 Å². The maximum absolute atomic E-state index is 16.1. The van der Waals surface area contributed by atoms with Gasteiger partial charge < -0.3 is 19.1 Å². The van der Waals surface area contributed by atoms with Crippen molar-refractivity contribution < 1.29 is 23.8 Å². The van der Waals surface area contributed by atoms with Crippen molar-refractivity contribution in [2.45, 2.75) is 39.5 Å². The van der Waals surface area contributed by atoms with Crippen LogP contribution < -0.4 is 4.74 Å². The predicted octanol–water partition coefficient (Wildman–Crippen LogP) is 7.43. The number of ether oxygens (including phenoxy) is 2. The summed E-state index contributed by atoms with van der Waals surface area (Å²) in [6.07, 6.45) is 1.03. The topological polar surface area (TPSA) is 78.5 Å². The number of nitrogens with zero attached hydrogens (tertiary/aromatic N) is 3. The third-order valence-electron chi connectivity index (χ3n) is 8.59. The van der Waals surface area contributed by atoms with E-state index in [1.165, 1.54) is 6.07 Å². The summed E-state index contributed by atoms with van der Waals surface area (Å²) in [5.41, 5.74) is 5.66. The number of fused-ring (bicyclic) bond motifs is 4. The zero-order valence-electron chi connectivity index (χ0n) is 24.6. The van der Waals surface area contributed by atoms with E-state index in [0.29, 0.717) is 54.0 Å². The van der Waals surface area contributed by atoms with Crippen molar-refractivity contribution in [3.8, 4) is 16.9 Å². The molecule has 3 heterocycles. The molecule has 1 aliphatic heterocycles. The van der Waals surface area contributed by atoms with Gasteiger partial charge in [-0.05, 0) is 60.0 Å². The van der Waals surface area contributed by atoms with Crippen molar-refractivity contribution in [1.29, 1.82) is 0 Å². The summed E-state index contributed by atoms with van der Waals surface area (Å²) in [5.74, 6) is -0.686. The lowest BCUT2D eigenvalue weighted by atomic mass is 9.97. The number of rotatable bonds is 6. The zero-order chi connectivity index (χ0) is 30.4. The maximum Gasteiger partial charge on any atom is 0.352 e. The fraction of sp³-hybridized carbons (Fsp3) is 0.222. The molecule has 2 aromatic heterocycles. The van der Waals surface area contributed by atoms with Gasteiger partial charge in [-0.25, -0.2) is 9.18 Å². The highest BCUT2D eigenvalue weighted by molar-refractivity contribution is 6.04. The van der Waals surface area contributed by atoms with Crippen molar-refractivity contribution in [1.82, 2.24) is 14.3 Å². The minimum Gasteiger partial charge on any atom is -0.493 e. The number of hydrogen-bond donors (Lipinski definition) is 1. The maximum atomic E-state index is 16.1. The Labute approximate surface area is 254 Å². The van der Waals surface area contributed by atoms with Gasteiger partial charge in [-0.2, -0.15) is 5.10 Å². The van der Waals surface area contributed by atoms with Crippen molar-refractivity contribution in [3.05, 3.63) is 118 Å². The van der Waals surface area contributed by atoms with Crippen molar-refractivity contribution in [3.63, 3.8) is 0 Å². The number of aryl methyl sites for hydroxylation is 3. The first kappa shape index (κ1) is 27.9. The summed E-state index contributed by atoms with van der Waals surface area (Å²) >= 11 is 0. The van der Waals surface area contributed by atoms with Crippen LogP contribution in [0.15, 0.2) is 78.9 Å². The summed E-state index contributed by atoms with van der Waals surface area (Å²) in [5, 5.41) is 18.1. The fourth-order valence-corrected chi connectivity index (χ4v) is 6.62. The van der Waals surface area contributed by atoms with Gasteiger partial charge in [0.15, 0.2) is 0 Å². The van der Waals surface area contributed by atoms with E-state index in [9.17, 15) is 9.90 Å². The van der Waals surface area contributed by atoms with Crippen LogP contribution in [0.4, 0.5) is 4.39 Å². The molecular formula is C36H32FN3O4. The van der Waals surface area contributed by atoms with Gasteiger partial charge in [-0.15, -0.1) is 0 Å². The van der Waals surface area contributed by atoms with Crippen molar-refractivity contribution in [2.75, 3.05) is 6.61 Å². The summed E-state index contributed by atoms with van der Waals surface area (Å²) in [6.45, 7) is 3.09. The van der Waals surface area contributed by atoms with E-state index in [4.69, 9.17) is 9.47 Å². The van der Waals surface area contributed by atoms with Gasteiger partial charge in [0, 0.05) is 35.5 Å². The average Bonchev–Trinajstić information content (AvgIpc) is 3.47. The van der Waals surface area contributed by atoms with E-state index in [2.05, 4.69) is 5.10 Å². The van der Waals surface area contributed by atoms with Gasteiger partial charge in [0.05, 0.1) is 36.7 Å². The lowest BCUT2D eigenvalue weighted by Crippen LogP contribution is -2.13. The molecule has 8 heteroatoms. The van der Waals surface area contributed by atoms with Gasteiger partial charge >= 0.3 is 5.97 Å². The summed E-state index contributed by atoms with van der Waals surface area (Å²) < 4.78 is 31.9. The molecule has 0 spiro atoms. The first-order chi connectivity index (χ1) is 21.4. The summed E-state index contributed by atoms with van der Waals surface area (Å²) in [4.78, 5) is 13.1. The van der Waals surface area contributed by atoms with Crippen LogP contribution in [-0.4, -0.2) is 32.0 Å². The van der Waals surface area contributed by atoms with Crippen LogP contribution >= 0.6 is 0 Å². The number of carbonyl (C=O) groups is 1. The van der Waals surface area contributed by atoms with E-state index in [-0.39, 0.29) is 18.8 Å². The normalized spacial score (nSPS) is 13.0. The molecular weight excluding hydrogens is 557 g/mol. The molecule has 0 aliphatic carbocycles. The molecule has 0 bridgehead atoms. The highest BCUT2D eigenvalue weighted by Crippen LogP contribution is 2.41. The van der Waals surface area contributed by atoms with E-state index in [1.807, 2.05) is 80.7 Å². The van der Waals surface area contributed by atoms with E-state index >= 15 is 4.39 Å². The van der Waals surface area contributed by atoms with Crippen LogP contribution in [0.2, 0.25) is 0 Å². The zero-order valence-corrected chi connectivity index (χ0v) is 24.6. The Morgan fingerprint density at radius 3 is 2.57 bits per heavy atom. The summed E-state index contributed by atoms with van der Waals surface area (Å²) in [7, 11) is 1.82. The number of aromatic nitrogens is 3. The quantitative estimate of drug-likeness (QED) is 0.205. The SMILES string of the molecule is Cc1nn(C)c2c1-c1c(F)ccc3c(CCCOc4cccc5ccccc45)c(C(=O)O)n(c13)Cc1ccccc1COC2. The molecule has 0 radical (unpaired) electrons. The number of halogens is 1. The Kier molecular flexibility index (Phi) is 7.14. The second-order valence-electron chi connectivity index (χ2n) is 11.3. The second kappa shape index (κ2) is 11.3. The first-order valence-electron chi connectivity index (χ1n) is 14.8. The minimum atomic E-state index is -1.05. The lowest BCUT2D eigenvalue weighted by Gasteiger charge is -2.14. The van der Waals surface area contributed by atoms with Crippen molar-refractivity contribution in [2.24, 2.45) is 7.05 Å². The van der Waals surface area contributed by atoms with Crippen LogP contribution in [0.1, 0.15) is 45.0 Å². The minimum absolute atomic E-state index is 0.162. The van der Waals surface area contributed by atoms with Crippen LogP contribution in [0.3, 0.4) is 0 Å². The van der Waals surface area contributed by atoms with Gasteiger partial charge in [0.25, 0.3) is 0 Å². The third-order valence-corrected chi connectivity index (χ3v) is 8.59. The van der Waals surface area contributed by atoms with E-state index < -0.39 is 11.8 Å².